The summed E-state index contributed by atoms with van der Waals surface area (Å²) in [5.41, 5.74) is 16.7. The van der Waals surface area contributed by atoms with Crippen molar-refractivity contribution in [2.45, 2.75) is 133 Å². The number of piperidine rings is 1. The van der Waals surface area contributed by atoms with E-state index in [9.17, 15) is 29.1 Å². The number of β-amino-alcohol motifs (C(OH)–C–C–N with tert-alkyl or cyclic N) is 1. The van der Waals surface area contributed by atoms with Gasteiger partial charge in [-0.1, -0.05) is 80.9 Å². The van der Waals surface area contributed by atoms with E-state index in [-0.39, 0.29) is 53.6 Å². The maximum Gasteiger partial charge on any atom is 0.246 e. The maximum atomic E-state index is 14.1. The second-order valence-corrected chi connectivity index (χ2v) is 21.3. The fourth-order valence-corrected chi connectivity index (χ4v) is 10.0. The van der Waals surface area contributed by atoms with Crippen LogP contribution in [0, 0.1) is 12.3 Å². The molecular weight excluding hydrogens is 926 g/mol. The Balaban J connectivity index is 0.906. The Kier molecular flexibility index (Phi) is 17.5. The average molecular weight is 991 g/mol. The minimum Gasteiger partial charge on any atom is -0.391 e. The van der Waals surface area contributed by atoms with Crippen molar-refractivity contribution in [3.8, 4) is 10.4 Å². The molecule has 2 aromatic heterocycles. The number of nitrogens with two attached hydrogens (primary N) is 2. The summed E-state index contributed by atoms with van der Waals surface area (Å²) < 4.78 is 0. The van der Waals surface area contributed by atoms with Crippen molar-refractivity contribution in [2.24, 2.45) is 11.1 Å². The molecule has 0 bridgehead atoms. The number of aryl methyl sites for hydroxylation is 1. The topological polar surface area (TPSA) is 251 Å². The first-order valence-electron chi connectivity index (χ1n) is 23.0. The molecule has 0 radical (unpaired) electrons. The molecule has 9 N–H and O–H groups in total. The van der Waals surface area contributed by atoms with Crippen LogP contribution in [0.25, 0.3) is 10.4 Å². The number of carbonyl (C=O) groups is 5. The number of halogens is 1. The maximum absolute atomic E-state index is 14.1. The number of carbonyl (C=O) groups excluding carboxylic acids is 5. The minimum atomic E-state index is -0.947. The molecule has 2 aliphatic rings. The minimum absolute atomic E-state index is 0.0265. The zero-order valence-electron chi connectivity index (χ0n) is 39.6. The summed E-state index contributed by atoms with van der Waals surface area (Å²) in [4.78, 5) is 85.0. The number of hydrogen-bond donors (Lipinski definition) is 7. The van der Waals surface area contributed by atoms with E-state index in [1.165, 1.54) is 16.7 Å². The van der Waals surface area contributed by atoms with Crippen molar-refractivity contribution in [3.05, 3.63) is 70.5 Å². The molecule has 0 spiro atoms. The van der Waals surface area contributed by atoms with Crippen LogP contribution >= 0.6 is 34.7 Å². The van der Waals surface area contributed by atoms with Crippen LogP contribution in [0.3, 0.4) is 0 Å². The lowest BCUT2D eigenvalue weighted by Gasteiger charge is -2.37. The van der Waals surface area contributed by atoms with E-state index < -0.39 is 47.7 Å². The van der Waals surface area contributed by atoms with Crippen LogP contribution in [0.15, 0.2) is 64.1 Å². The number of nitrogens with zero attached hydrogens (tertiary/aromatic N) is 5. The third kappa shape index (κ3) is 13.9. The number of benzene rings is 2. The molecule has 5 amide bonds. The molecule has 0 saturated carbocycles. The summed E-state index contributed by atoms with van der Waals surface area (Å²) in [5.74, 6) is -1.21. The van der Waals surface area contributed by atoms with Gasteiger partial charge in [-0.25, -0.2) is 15.0 Å². The van der Waals surface area contributed by atoms with E-state index in [0.717, 1.165) is 47.6 Å². The van der Waals surface area contributed by atoms with Gasteiger partial charge in [0, 0.05) is 49.5 Å². The molecule has 6 rings (SSSR count). The van der Waals surface area contributed by atoms with Crippen LogP contribution in [0.2, 0.25) is 5.02 Å². The molecule has 17 nitrogen and oxygen atoms in total. The fraction of sp³-hybridized carbons (Fsp3) is 0.500. The van der Waals surface area contributed by atoms with Crippen molar-refractivity contribution in [1.82, 2.24) is 35.8 Å². The van der Waals surface area contributed by atoms with Crippen LogP contribution < -0.4 is 37.6 Å². The average Bonchev–Trinajstić information content (AvgIpc) is 3.90. The van der Waals surface area contributed by atoms with Crippen molar-refractivity contribution >= 4 is 81.6 Å². The number of nitrogen functional groups attached to an aromatic ring is 1. The van der Waals surface area contributed by atoms with Crippen LogP contribution in [0.4, 0.5) is 17.3 Å². The van der Waals surface area contributed by atoms with Gasteiger partial charge >= 0.3 is 0 Å². The quantitative estimate of drug-likeness (QED) is 0.0448. The lowest BCUT2D eigenvalue weighted by atomic mass is 9.85. The first-order chi connectivity index (χ1) is 32.2. The van der Waals surface area contributed by atoms with Gasteiger partial charge in [-0.3, -0.25) is 24.0 Å². The molecule has 20 heteroatoms. The molecule has 4 atom stereocenters. The number of aliphatic hydroxyl groups excluding tert-OH is 1. The fourth-order valence-electron chi connectivity index (χ4n) is 8.12. The van der Waals surface area contributed by atoms with E-state index in [1.54, 1.807) is 35.7 Å². The van der Waals surface area contributed by atoms with Crippen LogP contribution in [-0.4, -0.2) is 104 Å². The Hall–Kier alpha value is -5.34. The molecule has 366 valence electrons. The van der Waals surface area contributed by atoms with E-state index in [4.69, 9.17) is 23.1 Å². The van der Waals surface area contributed by atoms with Crippen LogP contribution in [0.5, 0.6) is 0 Å². The SMILES string of the molecule is Cc1ncsc1-c1ccc([C@H](C)NC(=O)[C@@H]2C[C@@H](O)CN2C(=O)[C@@H](NC(=O)CCCCCNC(=O)CC(=O)Nc2cccc(Sc3ncc(N4CCC(C)(N)CC4)nc3N)c2Cl)C(C)(C)C)cc1. The molecule has 2 saturated heterocycles. The van der Waals surface area contributed by atoms with Crippen molar-refractivity contribution in [1.29, 1.82) is 0 Å². The van der Waals surface area contributed by atoms with Gasteiger partial charge in [-0.2, -0.15) is 0 Å². The van der Waals surface area contributed by atoms with E-state index in [1.807, 2.05) is 71.3 Å². The number of nitrogens with one attached hydrogen (secondary N) is 4. The molecule has 0 aliphatic carbocycles. The Bertz CT molecular complexity index is 2440. The Labute approximate surface area is 411 Å². The molecule has 0 unspecified atom stereocenters. The summed E-state index contributed by atoms with van der Waals surface area (Å²) in [7, 11) is 0. The molecular formula is C48H64ClN11O6S2. The number of rotatable bonds is 18. The highest BCUT2D eigenvalue weighted by Gasteiger charge is 2.44. The third-order valence-electron chi connectivity index (χ3n) is 12.2. The molecule has 2 fully saturated rings. The third-order valence-corrected chi connectivity index (χ3v) is 14.8. The van der Waals surface area contributed by atoms with Crippen molar-refractivity contribution in [3.63, 3.8) is 0 Å². The van der Waals surface area contributed by atoms with Gasteiger partial charge in [0.1, 0.15) is 29.3 Å². The monoisotopic (exact) mass is 989 g/mol. The standard InChI is InChI=1S/C48H64ClN11O6S2/c1-28(30-14-16-31(17-15-30)41-29(2)54-27-67-41)55-44(65)34-23-32(61)26-60(34)46(66)42(47(3,4)5)58-37(62)13-8-7-9-20-52-38(63)24-39(64)56-33-11-10-12-35(40(33)49)68-45-43(50)57-36(25-53-45)59-21-18-48(6,51)19-22-59/h10-12,14-17,25,27-28,32,34,42,61H,7-9,13,18-24,26,51H2,1-6H3,(H2,50,57)(H,52,63)(H,55,65)(H,56,64)(H,58,62)/t28-,32+,34-,42+/m0/s1. The second kappa shape index (κ2) is 22.8. The number of unbranched alkanes of at least 4 members (excludes halogenated alkanes) is 2. The van der Waals surface area contributed by atoms with Crippen LogP contribution in [0.1, 0.15) is 103 Å². The van der Waals surface area contributed by atoms with Crippen molar-refractivity contribution < 1.29 is 29.1 Å². The van der Waals surface area contributed by atoms with E-state index in [0.29, 0.717) is 47.2 Å². The van der Waals surface area contributed by atoms with Gasteiger partial charge in [0.05, 0.1) is 45.1 Å². The van der Waals surface area contributed by atoms with Crippen LogP contribution in [-0.2, 0) is 24.0 Å². The molecule has 2 aliphatic heterocycles. The Morgan fingerprint density at radius 3 is 2.38 bits per heavy atom. The van der Waals surface area contributed by atoms with Gasteiger partial charge in [0.2, 0.25) is 29.5 Å². The predicted molar refractivity (Wildman–Crippen MR) is 267 cm³/mol. The summed E-state index contributed by atoms with van der Waals surface area (Å²) in [6.45, 7) is 13.2. The molecule has 68 heavy (non-hydrogen) atoms. The lowest BCUT2D eigenvalue weighted by molar-refractivity contribution is -0.144. The zero-order chi connectivity index (χ0) is 49.3. The number of thiazole rings is 1. The first kappa shape index (κ1) is 52.0. The number of likely N-dealkylation sites (tertiary alicyclic amines) is 1. The Morgan fingerprint density at radius 1 is 1.00 bits per heavy atom. The highest BCUT2D eigenvalue weighted by atomic mass is 35.5. The largest absolute Gasteiger partial charge is 0.391 e. The highest BCUT2D eigenvalue weighted by molar-refractivity contribution is 7.99. The summed E-state index contributed by atoms with van der Waals surface area (Å²) in [6.07, 6.45) is 3.91. The van der Waals surface area contributed by atoms with E-state index >= 15 is 0 Å². The first-order valence-corrected chi connectivity index (χ1v) is 25.0. The number of amides is 5. The highest BCUT2D eigenvalue weighted by Crippen LogP contribution is 2.39. The molecule has 4 heterocycles. The molecule has 4 aromatic rings. The van der Waals surface area contributed by atoms with E-state index in [2.05, 4.69) is 41.1 Å². The number of aliphatic hydroxyl groups is 1. The van der Waals surface area contributed by atoms with Gasteiger partial charge in [0.25, 0.3) is 0 Å². The number of aromatic nitrogens is 3. The van der Waals surface area contributed by atoms with Gasteiger partial charge in [-0.05, 0) is 75.1 Å². The molecule has 2 aromatic carbocycles. The normalized spacial score (nSPS) is 17.8. The second-order valence-electron chi connectivity index (χ2n) is 19.0. The van der Waals surface area contributed by atoms with Gasteiger partial charge in [0.15, 0.2) is 5.82 Å². The summed E-state index contributed by atoms with van der Waals surface area (Å²) >= 11 is 9.46. The number of anilines is 3. The Morgan fingerprint density at radius 2 is 1.72 bits per heavy atom. The smallest absolute Gasteiger partial charge is 0.246 e. The lowest BCUT2D eigenvalue weighted by Crippen LogP contribution is -2.57. The summed E-state index contributed by atoms with van der Waals surface area (Å²) in [5, 5.41) is 22.7. The van der Waals surface area contributed by atoms with Gasteiger partial charge in [-0.15, -0.1) is 11.3 Å². The number of hydrogen-bond acceptors (Lipinski definition) is 14. The summed E-state index contributed by atoms with van der Waals surface area (Å²) in [6, 6.07) is 10.8. The predicted octanol–water partition coefficient (Wildman–Crippen LogP) is 5.99. The van der Waals surface area contributed by atoms with Crippen molar-refractivity contribution in [2.75, 3.05) is 42.1 Å². The van der Waals surface area contributed by atoms with Gasteiger partial charge < -0.3 is 47.6 Å². The zero-order valence-corrected chi connectivity index (χ0v) is 42.0.